The minimum atomic E-state index is -0.601. The minimum absolute atomic E-state index is 0. The van der Waals surface area contributed by atoms with E-state index in [2.05, 4.69) is 10.2 Å². The zero-order chi connectivity index (χ0) is 20.7. The van der Waals surface area contributed by atoms with Gasteiger partial charge in [0.2, 0.25) is 11.8 Å². The lowest BCUT2D eigenvalue weighted by molar-refractivity contribution is -0.133. The first kappa shape index (κ1) is 28.1. The smallest absolute Gasteiger partial charge is 0.242 e. The van der Waals surface area contributed by atoms with Crippen molar-refractivity contribution in [3.8, 4) is 11.5 Å². The van der Waals surface area contributed by atoms with Crippen molar-refractivity contribution >= 4 is 42.3 Å². The fourth-order valence-corrected chi connectivity index (χ4v) is 3.10. The lowest BCUT2D eigenvalue weighted by atomic mass is 10.1. The summed E-state index contributed by atoms with van der Waals surface area (Å²) in [4.78, 5) is 28.5. The Kier molecular flexibility index (Phi) is 12.6. The molecule has 1 atom stereocenters. The van der Waals surface area contributed by atoms with Crippen LogP contribution in [-0.4, -0.2) is 69.7 Å². The van der Waals surface area contributed by atoms with E-state index < -0.39 is 6.04 Å². The van der Waals surface area contributed by atoms with Crippen molar-refractivity contribution in [2.24, 2.45) is 11.7 Å². The van der Waals surface area contributed by atoms with Gasteiger partial charge in [0.15, 0.2) is 0 Å². The van der Waals surface area contributed by atoms with Crippen LogP contribution >= 0.6 is 24.8 Å². The molecule has 1 aliphatic rings. The molecule has 172 valence electrons. The number of carbonyl (C=O) groups is 2. The van der Waals surface area contributed by atoms with Gasteiger partial charge in [-0.3, -0.25) is 9.59 Å². The van der Waals surface area contributed by atoms with Gasteiger partial charge in [0.05, 0.1) is 26.8 Å². The molecule has 1 aliphatic heterocycles. The van der Waals surface area contributed by atoms with Crippen LogP contribution in [0.3, 0.4) is 0 Å². The number of methoxy groups -OCH3 is 2. The quantitative estimate of drug-likeness (QED) is 0.636. The number of ether oxygens (including phenoxy) is 2. The van der Waals surface area contributed by atoms with Crippen molar-refractivity contribution in [1.82, 2.24) is 10.2 Å². The second-order valence-electron chi connectivity index (χ2n) is 7.28. The Morgan fingerprint density at radius 2 is 1.63 bits per heavy atom. The molecule has 1 aromatic carbocycles. The number of halogens is 2. The number of nitrogens with one attached hydrogen (secondary N) is 1. The number of nitrogens with zero attached hydrogens (tertiary/aromatic N) is 2. The van der Waals surface area contributed by atoms with Gasteiger partial charge in [0, 0.05) is 50.1 Å². The number of hydrogen-bond acceptors (Lipinski definition) is 6. The van der Waals surface area contributed by atoms with Crippen LogP contribution in [-0.2, 0) is 9.59 Å². The molecule has 0 aromatic heterocycles. The van der Waals surface area contributed by atoms with E-state index in [9.17, 15) is 9.59 Å². The van der Waals surface area contributed by atoms with Crippen LogP contribution < -0.4 is 25.4 Å². The molecule has 0 unspecified atom stereocenters. The second kappa shape index (κ2) is 13.4. The first-order chi connectivity index (χ1) is 13.3. The first-order valence-corrected chi connectivity index (χ1v) is 9.64. The fourth-order valence-electron chi connectivity index (χ4n) is 3.10. The standard InChI is InChI=1S/C20H32N4O4.2ClH/c1-14(2)19(21)20(26)22-13-18(25)24-7-5-6-23(8-9-24)15-10-16(27-3)12-17(11-15)28-4;;/h10-12,14,19H,5-9,13,21H2,1-4H3,(H,22,26);2*1H/t19-;;/m0../s1. The van der Waals surface area contributed by atoms with Gasteiger partial charge < -0.3 is 30.3 Å². The molecule has 3 N–H and O–H groups in total. The third-order valence-corrected chi connectivity index (χ3v) is 4.98. The maximum absolute atomic E-state index is 12.5. The predicted octanol–water partition coefficient (Wildman–Crippen LogP) is 1.69. The van der Waals surface area contributed by atoms with Crippen LogP contribution in [0.1, 0.15) is 20.3 Å². The van der Waals surface area contributed by atoms with Gasteiger partial charge >= 0.3 is 0 Å². The second-order valence-corrected chi connectivity index (χ2v) is 7.28. The molecule has 0 radical (unpaired) electrons. The van der Waals surface area contributed by atoms with Crippen molar-refractivity contribution in [1.29, 1.82) is 0 Å². The van der Waals surface area contributed by atoms with Crippen molar-refractivity contribution in [2.45, 2.75) is 26.3 Å². The third-order valence-electron chi connectivity index (χ3n) is 4.98. The van der Waals surface area contributed by atoms with E-state index >= 15 is 0 Å². The lowest BCUT2D eigenvalue weighted by Gasteiger charge is -2.25. The molecule has 10 heteroatoms. The third kappa shape index (κ3) is 7.74. The Labute approximate surface area is 191 Å². The number of anilines is 1. The van der Waals surface area contributed by atoms with Crippen LogP contribution in [0.4, 0.5) is 5.69 Å². The molecular formula is C20H34Cl2N4O4. The highest BCUT2D eigenvalue weighted by atomic mass is 35.5. The highest BCUT2D eigenvalue weighted by Gasteiger charge is 2.22. The number of rotatable bonds is 7. The monoisotopic (exact) mass is 464 g/mol. The molecular weight excluding hydrogens is 431 g/mol. The lowest BCUT2D eigenvalue weighted by Crippen LogP contribution is -2.48. The van der Waals surface area contributed by atoms with Gasteiger partial charge in [-0.1, -0.05) is 13.8 Å². The Morgan fingerprint density at radius 3 is 2.17 bits per heavy atom. The average molecular weight is 465 g/mol. The van der Waals surface area contributed by atoms with E-state index in [-0.39, 0.29) is 49.1 Å². The topological polar surface area (TPSA) is 97.1 Å². The van der Waals surface area contributed by atoms with Gasteiger partial charge in [-0.25, -0.2) is 0 Å². The van der Waals surface area contributed by atoms with Crippen LogP contribution in [0.2, 0.25) is 0 Å². The van der Waals surface area contributed by atoms with E-state index in [1.807, 2.05) is 32.0 Å². The summed E-state index contributed by atoms with van der Waals surface area (Å²) in [6.45, 7) is 6.50. The molecule has 0 bridgehead atoms. The number of carbonyl (C=O) groups excluding carboxylic acids is 2. The SMILES string of the molecule is COc1cc(OC)cc(N2CCCN(C(=O)CNC(=O)[C@@H](N)C(C)C)CC2)c1.Cl.Cl. The Bertz CT molecular complexity index is 669. The molecule has 2 amide bonds. The van der Waals surface area contributed by atoms with Gasteiger partial charge in [-0.05, 0) is 12.3 Å². The highest BCUT2D eigenvalue weighted by molar-refractivity contribution is 5.87. The molecule has 2 rings (SSSR count). The minimum Gasteiger partial charge on any atom is -0.497 e. The Balaban J connectivity index is 0.00000420. The number of hydrogen-bond donors (Lipinski definition) is 2. The molecule has 30 heavy (non-hydrogen) atoms. The molecule has 0 saturated carbocycles. The van der Waals surface area contributed by atoms with Crippen LogP contribution in [0.25, 0.3) is 0 Å². The Hall–Kier alpha value is -1.90. The van der Waals surface area contributed by atoms with Crippen LogP contribution in [0, 0.1) is 5.92 Å². The van der Waals surface area contributed by atoms with E-state index in [0.29, 0.717) is 19.6 Å². The molecule has 8 nitrogen and oxygen atoms in total. The van der Waals surface area contributed by atoms with E-state index in [4.69, 9.17) is 15.2 Å². The predicted molar refractivity (Wildman–Crippen MR) is 123 cm³/mol. The van der Waals surface area contributed by atoms with E-state index in [1.165, 1.54) is 0 Å². The molecule has 1 fully saturated rings. The molecule has 0 aliphatic carbocycles. The highest BCUT2D eigenvalue weighted by Crippen LogP contribution is 2.29. The number of nitrogens with two attached hydrogens (primary N) is 1. The summed E-state index contributed by atoms with van der Waals surface area (Å²) in [6.07, 6.45) is 0.838. The summed E-state index contributed by atoms with van der Waals surface area (Å²) in [5.74, 6) is 1.12. The summed E-state index contributed by atoms with van der Waals surface area (Å²) in [5.41, 5.74) is 6.82. The zero-order valence-corrected chi connectivity index (χ0v) is 19.7. The summed E-state index contributed by atoms with van der Waals surface area (Å²) in [7, 11) is 3.25. The fraction of sp³-hybridized carbons (Fsp3) is 0.600. The molecule has 1 saturated heterocycles. The van der Waals surface area contributed by atoms with Gasteiger partial charge in [0.1, 0.15) is 11.5 Å². The molecule has 0 spiro atoms. The molecule has 1 heterocycles. The zero-order valence-electron chi connectivity index (χ0n) is 18.1. The van der Waals surface area contributed by atoms with Gasteiger partial charge in [-0.15, -0.1) is 24.8 Å². The van der Waals surface area contributed by atoms with Gasteiger partial charge in [-0.2, -0.15) is 0 Å². The van der Waals surface area contributed by atoms with Crippen molar-refractivity contribution < 1.29 is 19.1 Å². The summed E-state index contributed by atoms with van der Waals surface area (Å²) in [6, 6.07) is 5.17. The maximum atomic E-state index is 12.5. The van der Waals surface area contributed by atoms with Crippen LogP contribution in [0.15, 0.2) is 18.2 Å². The van der Waals surface area contributed by atoms with Crippen LogP contribution in [0.5, 0.6) is 11.5 Å². The largest absolute Gasteiger partial charge is 0.497 e. The Morgan fingerprint density at radius 1 is 1.03 bits per heavy atom. The summed E-state index contributed by atoms with van der Waals surface area (Å²) >= 11 is 0. The molecule has 1 aromatic rings. The summed E-state index contributed by atoms with van der Waals surface area (Å²) < 4.78 is 10.7. The summed E-state index contributed by atoms with van der Waals surface area (Å²) in [5, 5.41) is 2.65. The average Bonchev–Trinajstić information content (AvgIpc) is 2.96. The number of amides is 2. The maximum Gasteiger partial charge on any atom is 0.242 e. The first-order valence-electron chi connectivity index (χ1n) is 9.64. The van der Waals surface area contributed by atoms with Crippen molar-refractivity contribution in [2.75, 3.05) is 51.8 Å². The van der Waals surface area contributed by atoms with Gasteiger partial charge in [0.25, 0.3) is 0 Å². The number of benzene rings is 1. The van der Waals surface area contributed by atoms with Crippen molar-refractivity contribution in [3.05, 3.63) is 18.2 Å². The van der Waals surface area contributed by atoms with E-state index in [1.54, 1.807) is 19.1 Å². The van der Waals surface area contributed by atoms with Crippen molar-refractivity contribution in [3.63, 3.8) is 0 Å². The normalized spacial score (nSPS) is 14.7. The van der Waals surface area contributed by atoms with E-state index in [0.717, 1.165) is 30.2 Å².